The van der Waals surface area contributed by atoms with Gasteiger partial charge in [-0.3, -0.25) is 4.79 Å². The molecular weight excluding hydrogens is 258 g/mol. The first-order valence-electron chi connectivity index (χ1n) is 6.23. The van der Waals surface area contributed by atoms with E-state index in [-0.39, 0.29) is 17.9 Å². The van der Waals surface area contributed by atoms with Crippen LogP contribution in [0.2, 0.25) is 0 Å². The first kappa shape index (κ1) is 13.7. The van der Waals surface area contributed by atoms with Gasteiger partial charge in [-0.05, 0) is 12.5 Å². The van der Waals surface area contributed by atoms with Crippen molar-refractivity contribution >= 4 is 16.7 Å². The molecule has 1 aromatic heterocycles. The highest BCUT2D eigenvalue weighted by molar-refractivity contribution is 6.02. The van der Waals surface area contributed by atoms with Crippen LogP contribution in [0.25, 0.3) is 10.8 Å². The molecule has 6 nitrogen and oxygen atoms in total. The van der Waals surface area contributed by atoms with Crippen LogP contribution in [-0.2, 0) is 11.3 Å². The molecule has 2 rings (SSSR count). The van der Waals surface area contributed by atoms with Crippen LogP contribution in [0.15, 0.2) is 29.1 Å². The molecule has 0 bridgehead atoms. The summed E-state index contributed by atoms with van der Waals surface area (Å²) in [5.74, 6) is -0.701. The summed E-state index contributed by atoms with van der Waals surface area (Å²) in [5, 5.41) is 13.4. The molecule has 0 aliphatic carbocycles. The van der Waals surface area contributed by atoms with Crippen molar-refractivity contribution in [1.29, 1.82) is 5.26 Å². The number of aromatic nitrogens is 2. The summed E-state index contributed by atoms with van der Waals surface area (Å²) in [7, 11) is 0. The Hall–Kier alpha value is -2.68. The van der Waals surface area contributed by atoms with Crippen LogP contribution in [0.5, 0.6) is 0 Å². The summed E-state index contributed by atoms with van der Waals surface area (Å²) >= 11 is 0. The van der Waals surface area contributed by atoms with Gasteiger partial charge in [0.1, 0.15) is 6.07 Å². The zero-order valence-corrected chi connectivity index (χ0v) is 11.0. The van der Waals surface area contributed by atoms with Gasteiger partial charge in [0, 0.05) is 11.9 Å². The number of carbonyl (C=O) groups is 1. The first-order chi connectivity index (χ1) is 9.69. The molecule has 102 valence electrons. The Bertz CT molecular complexity index is 743. The molecule has 1 heterocycles. The van der Waals surface area contributed by atoms with Gasteiger partial charge < -0.3 is 4.74 Å². The second kappa shape index (κ2) is 5.97. The molecule has 0 saturated carbocycles. The van der Waals surface area contributed by atoms with Gasteiger partial charge in [0.25, 0.3) is 5.56 Å². The average Bonchev–Trinajstić information content (AvgIpc) is 2.48. The maximum Gasteiger partial charge on any atom is 0.360 e. The van der Waals surface area contributed by atoms with E-state index in [0.29, 0.717) is 17.3 Å². The number of fused-ring (bicyclic) bond motifs is 1. The Morgan fingerprint density at radius 1 is 1.40 bits per heavy atom. The predicted molar refractivity (Wildman–Crippen MR) is 72.2 cm³/mol. The summed E-state index contributed by atoms with van der Waals surface area (Å²) in [5.41, 5.74) is -0.178. The Morgan fingerprint density at radius 2 is 2.10 bits per heavy atom. The molecule has 0 aliphatic heterocycles. The number of nitriles is 1. The van der Waals surface area contributed by atoms with Gasteiger partial charge in [-0.1, -0.05) is 25.1 Å². The Balaban J connectivity index is 2.63. The number of aryl methyl sites for hydroxylation is 1. The lowest BCUT2D eigenvalue weighted by atomic mass is 10.1. The van der Waals surface area contributed by atoms with Crippen LogP contribution in [0.4, 0.5) is 0 Å². The highest BCUT2D eigenvalue weighted by atomic mass is 16.5. The minimum atomic E-state index is -0.701. The van der Waals surface area contributed by atoms with Crippen molar-refractivity contribution in [2.75, 3.05) is 6.61 Å². The molecule has 0 aliphatic rings. The van der Waals surface area contributed by atoms with Gasteiger partial charge in [0.05, 0.1) is 5.39 Å². The highest BCUT2D eigenvalue weighted by Crippen LogP contribution is 2.14. The average molecular weight is 271 g/mol. The van der Waals surface area contributed by atoms with Gasteiger partial charge in [-0.2, -0.15) is 10.4 Å². The van der Waals surface area contributed by atoms with Crippen LogP contribution in [-0.4, -0.2) is 22.4 Å². The summed E-state index contributed by atoms with van der Waals surface area (Å²) in [6, 6.07) is 8.46. The third-order valence-corrected chi connectivity index (χ3v) is 2.76. The number of ether oxygens (including phenoxy) is 1. The topological polar surface area (TPSA) is 85.0 Å². The van der Waals surface area contributed by atoms with E-state index < -0.39 is 5.97 Å². The lowest BCUT2D eigenvalue weighted by molar-refractivity contribution is 0.0547. The van der Waals surface area contributed by atoms with Gasteiger partial charge in [0.15, 0.2) is 12.3 Å². The molecule has 2 aromatic rings. The van der Waals surface area contributed by atoms with Gasteiger partial charge >= 0.3 is 5.97 Å². The number of hydrogen-bond donors (Lipinski definition) is 0. The van der Waals surface area contributed by atoms with E-state index in [1.807, 2.05) is 6.92 Å². The molecule has 0 fully saturated rings. The lowest BCUT2D eigenvalue weighted by Gasteiger charge is -2.09. The van der Waals surface area contributed by atoms with Crippen molar-refractivity contribution in [2.24, 2.45) is 0 Å². The second-order valence-electron chi connectivity index (χ2n) is 4.16. The minimum Gasteiger partial charge on any atom is -0.445 e. The van der Waals surface area contributed by atoms with Crippen LogP contribution < -0.4 is 5.56 Å². The van der Waals surface area contributed by atoms with Crippen LogP contribution >= 0.6 is 0 Å². The molecule has 0 saturated heterocycles. The standard InChI is InChI=1S/C14H13N3O3/c1-2-8-17-13(18)11-6-4-3-5-10(11)12(16-17)14(19)20-9-7-15/h3-6H,2,8-9H2,1H3. The third kappa shape index (κ3) is 2.52. The zero-order valence-electron chi connectivity index (χ0n) is 11.0. The van der Waals surface area contributed by atoms with Crippen LogP contribution in [0.1, 0.15) is 23.8 Å². The molecule has 6 heteroatoms. The molecule has 0 unspecified atom stereocenters. The summed E-state index contributed by atoms with van der Waals surface area (Å²) in [4.78, 5) is 24.1. The molecule has 0 N–H and O–H groups in total. The quantitative estimate of drug-likeness (QED) is 0.786. The van der Waals surface area contributed by atoms with E-state index in [2.05, 4.69) is 5.10 Å². The first-order valence-corrected chi connectivity index (χ1v) is 6.23. The van der Waals surface area contributed by atoms with Crippen molar-refractivity contribution in [3.8, 4) is 6.07 Å². The minimum absolute atomic E-state index is 0.0592. The molecule has 0 atom stereocenters. The summed E-state index contributed by atoms with van der Waals surface area (Å²) in [6.07, 6.45) is 0.720. The summed E-state index contributed by atoms with van der Waals surface area (Å²) < 4.78 is 6.04. The molecular formula is C14H13N3O3. The van der Waals surface area contributed by atoms with E-state index in [1.165, 1.54) is 4.68 Å². The van der Waals surface area contributed by atoms with Crippen molar-refractivity contribution in [1.82, 2.24) is 9.78 Å². The Morgan fingerprint density at radius 3 is 2.75 bits per heavy atom. The monoisotopic (exact) mass is 271 g/mol. The molecule has 1 aromatic carbocycles. The van der Waals surface area contributed by atoms with Gasteiger partial charge in [-0.15, -0.1) is 0 Å². The maximum absolute atomic E-state index is 12.2. The van der Waals surface area contributed by atoms with Crippen molar-refractivity contribution in [2.45, 2.75) is 19.9 Å². The van der Waals surface area contributed by atoms with Crippen molar-refractivity contribution in [3.63, 3.8) is 0 Å². The van der Waals surface area contributed by atoms with E-state index in [4.69, 9.17) is 10.00 Å². The van der Waals surface area contributed by atoms with E-state index in [1.54, 1.807) is 30.3 Å². The van der Waals surface area contributed by atoms with Crippen molar-refractivity contribution < 1.29 is 9.53 Å². The predicted octanol–water partition coefficient (Wildman–Crippen LogP) is 1.49. The Kier molecular flexibility index (Phi) is 4.11. The number of hydrogen-bond acceptors (Lipinski definition) is 5. The largest absolute Gasteiger partial charge is 0.445 e. The van der Waals surface area contributed by atoms with Crippen molar-refractivity contribution in [3.05, 3.63) is 40.3 Å². The second-order valence-corrected chi connectivity index (χ2v) is 4.16. The normalized spacial score (nSPS) is 10.2. The molecule has 0 spiro atoms. The third-order valence-electron chi connectivity index (χ3n) is 2.76. The maximum atomic E-state index is 12.2. The van der Waals surface area contributed by atoms with Crippen LogP contribution in [0, 0.1) is 11.3 Å². The smallest absolute Gasteiger partial charge is 0.360 e. The number of nitrogens with zero attached hydrogens (tertiary/aromatic N) is 3. The van der Waals surface area contributed by atoms with Gasteiger partial charge in [-0.25, -0.2) is 9.48 Å². The molecule has 0 radical (unpaired) electrons. The summed E-state index contributed by atoms with van der Waals surface area (Å²) in [6.45, 7) is 1.99. The number of benzene rings is 1. The highest BCUT2D eigenvalue weighted by Gasteiger charge is 2.17. The Labute approximate surface area is 115 Å². The van der Waals surface area contributed by atoms with E-state index >= 15 is 0 Å². The van der Waals surface area contributed by atoms with Gasteiger partial charge in [0.2, 0.25) is 0 Å². The number of carbonyl (C=O) groups excluding carboxylic acids is 1. The van der Waals surface area contributed by atoms with E-state index in [0.717, 1.165) is 6.42 Å². The zero-order chi connectivity index (χ0) is 14.5. The number of rotatable bonds is 4. The SMILES string of the molecule is CCCn1nc(C(=O)OCC#N)c2ccccc2c1=O. The molecule has 0 amide bonds. The fourth-order valence-corrected chi connectivity index (χ4v) is 1.92. The van der Waals surface area contributed by atoms with Crippen LogP contribution in [0.3, 0.4) is 0 Å². The fourth-order valence-electron chi connectivity index (χ4n) is 1.92. The van der Waals surface area contributed by atoms with E-state index in [9.17, 15) is 9.59 Å². The number of esters is 1. The fraction of sp³-hybridized carbons (Fsp3) is 0.286. The molecule has 20 heavy (non-hydrogen) atoms. The lowest BCUT2D eigenvalue weighted by Crippen LogP contribution is -2.26.